The van der Waals surface area contributed by atoms with Crippen LogP contribution >= 0.6 is 11.3 Å². The summed E-state index contributed by atoms with van der Waals surface area (Å²) in [6.07, 6.45) is 1.68. The summed E-state index contributed by atoms with van der Waals surface area (Å²) in [7, 11) is 0. The van der Waals surface area contributed by atoms with Crippen molar-refractivity contribution in [3.8, 4) is 0 Å². The molecule has 5 heteroatoms. The average molecular weight is 253 g/mol. The number of carboxylic acid groups (broad SMARTS) is 1. The summed E-state index contributed by atoms with van der Waals surface area (Å²) in [6, 6.07) is 3.29. The average Bonchev–Trinajstić information content (AvgIpc) is 2.86. The second kappa shape index (κ2) is 4.87. The molecule has 1 aromatic rings. The van der Waals surface area contributed by atoms with E-state index in [9.17, 15) is 9.59 Å². The fraction of sp³-hybridized carbons (Fsp3) is 0.500. The van der Waals surface area contributed by atoms with Crippen molar-refractivity contribution in [2.24, 2.45) is 0 Å². The van der Waals surface area contributed by atoms with E-state index in [-0.39, 0.29) is 5.91 Å². The second-order valence-electron chi connectivity index (χ2n) is 4.27. The molecule has 1 aliphatic heterocycles. The van der Waals surface area contributed by atoms with Crippen molar-refractivity contribution in [3.63, 3.8) is 0 Å². The molecule has 0 radical (unpaired) electrons. The lowest BCUT2D eigenvalue weighted by Crippen LogP contribution is -2.41. The molecule has 1 N–H and O–H groups in total. The first kappa shape index (κ1) is 12.1. The lowest BCUT2D eigenvalue weighted by molar-refractivity contribution is -0.147. The molecule has 0 aromatic carbocycles. The first-order chi connectivity index (χ1) is 8.08. The summed E-state index contributed by atoms with van der Waals surface area (Å²) >= 11 is 1.59. The first-order valence-electron chi connectivity index (χ1n) is 5.65. The summed E-state index contributed by atoms with van der Waals surface area (Å²) in [5.74, 6) is -0.963. The van der Waals surface area contributed by atoms with Gasteiger partial charge in [-0.05, 0) is 31.9 Å². The highest BCUT2D eigenvalue weighted by atomic mass is 32.1. The standard InChI is InChI=1S/C12H15NO3S/c1-8-4-5-9(17-8)7-11(14)13-6-2-3-10(13)12(15)16/h4-5,10H,2-3,6-7H2,1H3,(H,15,16)/t10-/m0/s1. The first-order valence-corrected chi connectivity index (χ1v) is 6.47. The van der Waals surface area contributed by atoms with Crippen LogP contribution in [-0.2, 0) is 16.0 Å². The third-order valence-electron chi connectivity index (χ3n) is 2.98. The lowest BCUT2D eigenvalue weighted by atomic mass is 10.2. The van der Waals surface area contributed by atoms with Gasteiger partial charge in [0.15, 0.2) is 0 Å². The van der Waals surface area contributed by atoms with Gasteiger partial charge in [0.25, 0.3) is 0 Å². The lowest BCUT2D eigenvalue weighted by Gasteiger charge is -2.20. The Morgan fingerprint density at radius 3 is 2.88 bits per heavy atom. The quantitative estimate of drug-likeness (QED) is 0.891. The van der Waals surface area contributed by atoms with E-state index < -0.39 is 12.0 Å². The zero-order valence-electron chi connectivity index (χ0n) is 9.68. The molecule has 1 aliphatic rings. The van der Waals surface area contributed by atoms with Crippen molar-refractivity contribution < 1.29 is 14.7 Å². The number of aliphatic carboxylic acids is 1. The number of hydrogen-bond acceptors (Lipinski definition) is 3. The van der Waals surface area contributed by atoms with Gasteiger partial charge in [0.05, 0.1) is 6.42 Å². The van der Waals surface area contributed by atoms with Crippen molar-refractivity contribution in [2.75, 3.05) is 6.54 Å². The Hall–Kier alpha value is -1.36. The highest BCUT2D eigenvalue weighted by Crippen LogP contribution is 2.21. The van der Waals surface area contributed by atoms with Crippen LogP contribution < -0.4 is 0 Å². The van der Waals surface area contributed by atoms with E-state index in [1.54, 1.807) is 11.3 Å². The molecule has 0 aliphatic carbocycles. The number of carboxylic acids is 1. The van der Waals surface area contributed by atoms with Gasteiger partial charge in [0, 0.05) is 16.3 Å². The molecule has 1 atom stereocenters. The molecule has 2 heterocycles. The highest BCUT2D eigenvalue weighted by molar-refractivity contribution is 7.12. The topological polar surface area (TPSA) is 57.6 Å². The van der Waals surface area contributed by atoms with Crippen LogP contribution in [0.3, 0.4) is 0 Å². The van der Waals surface area contributed by atoms with Gasteiger partial charge >= 0.3 is 5.97 Å². The Morgan fingerprint density at radius 1 is 1.53 bits per heavy atom. The van der Waals surface area contributed by atoms with Crippen molar-refractivity contribution >= 4 is 23.2 Å². The Balaban J connectivity index is 2.02. The van der Waals surface area contributed by atoms with Crippen LogP contribution in [0.1, 0.15) is 22.6 Å². The third-order valence-corrected chi connectivity index (χ3v) is 3.98. The van der Waals surface area contributed by atoms with Crippen LogP contribution in [0.4, 0.5) is 0 Å². The molecule has 0 bridgehead atoms. The number of carbonyl (C=O) groups excluding carboxylic acids is 1. The zero-order chi connectivity index (χ0) is 12.4. The monoisotopic (exact) mass is 253 g/mol. The molecule has 0 spiro atoms. The van der Waals surface area contributed by atoms with Crippen LogP contribution in [0, 0.1) is 6.92 Å². The molecule has 1 fully saturated rings. The minimum absolute atomic E-state index is 0.0725. The van der Waals surface area contributed by atoms with Gasteiger partial charge in [-0.15, -0.1) is 11.3 Å². The number of thiophene rings is 1. The molecule has 0 saturated carbocycles. The molecular weight excluding hydrogens is 238 g/mol. The van der Waals surface area contributed by atoms with Gasteiger partial charge in [0.2, 0.25) is 5.91 Å². The Morgan fingerprint density at radius 2 is 2.29 bits per heavy atom. The van der Waals surface area contributed by atoms with Crippen LogP contribution in [0.2, 0.25) is 0 Å². The SMILES string of the molecule is Cc1ccc(CC(=O)N2CCC[C@H]2C(=O)O)s1. The van der Waals surface area contributed by atoms with Crippen LogP contribution in [0.15, 0.2) is 12.1 Å². The molecule has 1 amide bonds. The molecule has 0 unspecified atom stereocenters. The van der Waals surface area contributed by atoms with E-state index in [0.29, 0.717) is 19.4 Å². The summed E-state index contributed by atoms with van der Waals surface area (Å²) in [5, 5.41) is 9.01. The number of rotatable bonds is 3. The zero-order valence-corrected chi connectivity index (χ0v) is 10.5. The number of hydrogen-bond donors (Lipinski definition) is 1. The fourth-order valence-electron chi connectivity index (χ4n) is 2.15. The van der Waals surface area contributed by atoms with Crippen molar-refractivity contribution in [1.29, 1.82) is 0 Å². The van der Waals surface area contributed by atoms with Crippen LogP contribution in [0.25, 0.3) is 0 Å². The Kier molecular flexibility index (Phi) is 3.47. The normalized spacial score (nSPS) is 19.6. The van der Waals surface area contributed by atoms with Crippen LogP contribution in [-0.4, -0.2) is 34.5 Å². The van der Waals surface area contributed by atoms with Gasteiger partial charge in [-0.25, -0.2) is 4.79 Å². The molecule has 17 heavy (non-hydrogen) atoms. The van der Waals surface area contributed by atoms with Gasteiger partial charge in [-0.1, -0.05) is 0 Å². The van der Waals surface area contributed by atoms with E-state index in [1.165, 1.54) is 9.78 Å². The largest absolute Gasteiger partial charge is 0.480 e. The Labute approximate surface area is 104 Å². The molecular formula is C12H15NO3S. The minimum Gasteiger partial charge on any atom is -0.480 e. The maximum absolute atomic E-state index is 12.0. The number of aryl methyl sites for hydroxylation is 1. The maximum Gasteiger partial charge on any atom is 0.326 e. The van der Waals surface area contributed by atoms with E-state index in [0.717, 1.165) is 11.3 Å². The smallest absolute Gasteiger partial charge is 0.326 e. The predicted molar refractivity (Wildman–Crippen MR) is 65.1 cm³/mol. The summed E-state index contributed by atoms with van der Waals surface area (Å²) in [5.41, 5.74) is 0. The van der Waals surface area contributed by atoms with E-state index in [2.05, 4.69) is 0 Å². The molecule has 4 nitrogen and oxygen atoms in total. The minimum atomic E-state index is -0.891. The summed E-state index contributed by atoms with van der Waals surface area (Å²) < 4.78 is 0. The Bertz CT molecular complexity index is 441. The van der Waals surface area contributed by atoms with Crippen molar-refractivity contribution in [2.45, 2.75) is 32.2 Å². The van der Waals surface area contributed by atoms with Gasteiger partial charge < -0.3 is 10.0 Å². The maximum atomic E-state index is 12.0. The van der Waals surface area contributed by atoms with Crippen LogP contribution in [0.5, 0.6) is 0 Å². The number of nitrogens with zero attached hydrogens (tertiary/aromatic N) is 1. The van der Waals surface area contributed by atoms with Gasteiger partial charge in [-0.3, -0.25) is 4.79 Å². The number of carbonyl (C=O) groups is 2. The fourth-order valence-corrected chi connectivity index (χ4v) is 3.03. The van der Waals surface area contributed by atoms with Gasteiger partial charge in [-0.2, -0.15) is 0 Å². The summed E-state index contributed by atoms with van der Waals surface area (Å²) in [6.45, 7) is 2.56. The number of likely N-dealkylation sites (tertiary alicyclic amines) is 1. The van der Waals surface area contributed by atoms with Crippen molar-refractivity contribution in [1.82, 2.24) is 4.90 Å². The summed E-state index contributed by atoms with van der Waals surface area (Å²) in [4.78, 5) is 26.7. The van der Waals surface area contributed by atoms with Gasteiger partial charge in [0.1, 0.15) is 6.04 Å². The predicted octanol–water partition coefficient (Wildman–Crippen LogP) is 1.67. The van der Waals surface area contributed by atoms with E-state index in [4.69, 9.17) is 5.11 Å². The highest BCUT2D eigenvalue weighted by Gasteiger charge is 2.33. The molecule has 1 saturated heterocycles. The van der Waals surface area contributed by atoms with Crippen molar-refractivity contribution in [3.05, 3.63) is 21.9 Å². The second-order valence-corrected chi connectivity index (χ2v) is 5.64. The molecule has 92 valence electrons. The van der Waals surface area contributed by atoms with E-state index in [1.807, 2.05) is 19.1 Å². The molecule has 1 aromatic heterocycles. The molecule has 2 rings (SSSR count). The number of amides is 1. The van der Waals surface area contributed by atoms with E-state index >= 15 is 0 Å². The third kappa shape index (κ3) is 2.66.